The van der Waals surface area contributed by atoms with Gasteiger partial charge in [0.1, 0.15) is 0 Å². The van der Waals surface area contributed by atoms with Crippen LogP contribution in [0.1, 0.15) is 16.8 Å². The number of benzene rings is 1. The number of nitrogens with one attached hydrogen (secondary N) is 1. The van der Waals surface area contributed by atoms with Gasteiger partial charge in [0.15, 0.2) is 5.16 Å². The molecule has 0 saturated carbocycles. The zero-order valence-electron chi connectivity index (χ0n) is 13.5. The second-order valence-electron chi connectivity index (χ2n) is 5.73. The summed E-state index contributed by atoms with van der Waals surface area (Å²) >= 11 is 5.04. The molecule has 0 amide bonds. The molecule has 0 bridgehead atoms. The van der Waals surface area contributed by atoms with Gasteiger partial charge in [-0.25, -0.2) is 4.98 Å². The van der Waals surface area contributed by atoms with Crippen molar-refractivity contribution in [3.05, 3.63) is 55.9 Å². The quantitative estimate of drug-likeness (QED) is 0.586. The van der Waals surface area contributed by atoms with E-state index in [0.29, 0.717) is 18.3 Å². The number of aromatic nitrogens is 2. The Labute approximate surface area is 154 Å². The fourth-order valence-corrected chi connectivity index (χ4v) is 3.99. The maximum Gasteiger partial charge on any atom is 0.256 e. The largest absolute Gasteiger partial charge is 0.383 e. The van der Waals surface area contributed by atoms with Gasteiger partial charge in [-0.3, -0.25) is 9.69 Å². The van der Waals surface area contributed by atoms with Crippen LogP contribution in [0.2, 0.25) is 0 Å². The van der Waals surface area contributed by atoms with Crippen LogP contribution in [0.3, 0.4) is 0 Å². The number of hydrogen-bond acceptors (Lipinski definition) is 5. The molecular formula is C17H20BrN3O2S. The first-order valence-electron chi connectivity index (χ1n) is 7.86. The molecule has 0 fully saturated rings. The van der Waals surface area contributed by atoms with E-state index in [4.69, 9.17) is 4.74 Å². The third-order valence-corrected chi connectivity index (χ3v) is 5.44. The van der Waals surface area contributed by atoms with Gasteiger partial charge in [-0.15, -0.1) is 0 Å². The molecular weight excluding hydrogens is 390 g/mol. The van der Waals surface area contributed by atoms with Gasteiger partial charge < -0.3 is 9.72 Å². The number of ether oxygens (including phenoxy) is 1. The summed E-state index contributed by atoms with van der Waals surface area (Å²) < 4.78 is 6.17. The normalized spacial score (nSPS) is 14.6. The second kappa shape index (κ2) is 8.29. The molecule has 0 radical (unpaired) electrons. The number of H-pyrrole nitrogens is 1. The van der Waals surface area contributed by atoms with Crippen molar-refractivity contribution in [2.75, 3.05) is 26.8 Å². The average molecular weight is 410 g/mol. The Morgan fingerprint density at radius 1 is 1.46 bits per heavy atom. The molecule has 3 rings (SSSR count). The molecule has 1 N–H and O–H groups in total. The van der Waals surface area contributed by atoms with Crippen molar-refractivity contribution < 1.29 is 4.74 Å². The van der Waals surface area contributed by atoms with Crippen molar-refractivity contribution in [3.8, 4) is 0 Å². The van der Waals surface area contributed by atoms with Crippen LogP contribution in [0.25, 0.3) is 0 Å². The second-order valence-corrected chi connectivity index (χ2v) is 7.61. The molecule has 128 valence electrons. The molecule has 1 aromatic carbocycles. The first-order valence-corrected chi connectivity index (χ1v) is 9.64. The molecule has 0 saturated heterocycles. The Morgan fingerprint density at radius 3 is 3.12 bits per heavy atom. The summed E-state index contributed by atoms with van der Waals surface area (Å²) in [5, 5.41) is 0.698. The van der Waals surface area contributed by atoms with E-state index in [1.54, 1.807) is 18.9 Å². The van der Waals surface area contributed by atoms with E-state index < -0.39 is 0 Å². The third kappa shape index (κ3) is 4.47. The summed E-state index contributed by atoms with van der Waals surface area (Å²) in [5.74, 6) is 0.779. The molecule has 0 unspecified atom stereocenters. The maximum absolute atomic E-state index is 12.4. The molecule has 1 aliphatic heterocycles. The number of nitrogens with zero attached hydrogens (tertiary/aromatic N) is 2. The summed E-state index contributed by atoms with van der Waals surface area (Å²) in [6.07, 6.45) is 0.813. The zero-order chi connectivity index (χ0) is 16.9. The van der Waals surface area contributed by atoms with E-state index in [1.165, 1.54) is 5.56 Å². The summed E-state index contributed by atoms with van der Waals surface area (Å²) in [4.78, 5) is 22.2. The molecule has 1 aromatic heterocycles. The van der Waals surface area contributed by atoms with Crippen LogP contribution in [-0.2, 0) is 23.5 Å². The fourth-order valence-electron chi connectivity index (χ4n) is 2.72. The molecule has 24 heavy (non-hydrogen) atoms. The minimum absolute atomic E-state index is 0.0149. The molecule has 0 spiro atoms. The van der Waals surface area contributed by atoms with Gasteiger partial charge in [0.2, 0.25) is 0 Å². The van der Waals surface area contributed by atoms with Crippen LogP contribution >= 0.6 is 27.7 Å². The van der Waals surface area contributed by atoms with Crippen molar-refractivity contribution in [2.45, 2.75) is 23.9 Å². The number of aromatic amines is 1. The number of halogens is 1. The van der Waals surface area contributed by atoms with Crippen LogP contribution in [0.15, 0.2) is 38.7 Å². The molecule has 7 heteroatoms. The number of thioether (sulfide) groups is 1. The molecule has 0 aliphatic carbocycles. The Balaban J connectivity index is 1.69. The Kier molecular flexibility index (Phi) is 6.10. The Morgan fingerprint density at radius 2 is 2.33 bits per heavy atom. The summed E-state index contributed by atoms with van der Waals surface area (Å²) in [7, 11) is 1.70. The van der Waals surface area contributed by atoms with Crippen molar-refractivity contribution >= 4 is 27.7 Å². The Bertz CT molecular complexity index is 766. The van der Waals surface area contributed by atoms with E-state index in [-0.39, 0.29) is 5.56 Å². The third-order valence-electron chi connectivity index (χ3n) is 4.00. The Hall–Kier alpha value is -1.15. The predicted molar refractivity (Wildman–Crippen MR) is 99.4 cm³/mol. The van der Waals surface area contributed by atoms with E-state index in [1.807, 2.05) is 12.1 Å². The highest BCUT2D eigenvalue weighted by Gasteiger charge is 2.20. The molecule has 2 aromatic rings. The molecule has 5 nitrogen and oxygen atoms in total. The number of methoxy groups -OCH3 is 1. The van der Waals surface area contributed by atoms with E-state index in [0.717, 1.165) is 41.0 Å². The zero-order valence-corrected chi connectivity index (χ0v) is 16.0. The van der Waals surface area contributed by atoms with Gasteiger partial charge in [-0.05, 0) is 17.7 Å². The van der Waals surface area contributed by atoms with Crippen molar-refractivity contribution in [1.29, 1.82) is 0 Å². The minimum Gasteiger partial charge on any atom is -0.383 e. The standard InChI is InChI=1S/C17H20BrN3O2S/c1-23-8-7-21-6-5-15-14(10-21)16(22)20-17(19-15)24-11-12-3-2-4-13(18)9-12/h2-4,9H,5-8,10-11H2,1H3,(H,19,20,22). The van der Waals surface area contributed by atoms with Gasteiger partial charge in [-0.1, -0.05) is 39.8 Å². The highest BCUT2D eigenvalue weighted by Crippen LogP contribution is 2.22. The molecule has 0 atom stereocenters. The number of fused-ring (bicyclic) bond motifs is 1. The SMILES string of the molecule is COCCN1CCc2nc(SCc3cccc(Br)c3)[nH]c(=O)c2C1. The lowest BCUT2D eigenvalue weighted by Gasteiger charge is -2.27. The lowest BCUT2D eigenvalue weighted by Crippen LogP contribution is -2.37. The summed E-state index contributed by atoms with van der Waals surface area (Å²) in [6, 6.07) is 8.17. The van der Waals surface area contributed by atoms with E-state index >= 15 is 0 Å². The predicted octanol–water partition coefficient (Wildman–Crippen LogP) is 2.83. The maximum atomic E-state index is 12.4. The number of hydrogen-bond donors (Lipinski definition) is 1. The highest BCUT2D eigenvalue weighted by molar-refractivity contribution is 9.10. The smallest absolute Gasteiger partial charge is 0.256 e. The summed E-state index contributed by atoms with van der Waals surface area (Å²) in [6.45, 7) is 3.09. The van der Waals surface area contributed by atoms with Crippen LogP contribution in [0.5, 0.6) is 0 Å². The topological polar surface area (TPSA) is 58.2 Å². The van der Waals surface area contributed by atoms with Crippen LogP contribution in [0, 0.1) is 0 Å². The van der Waals surface area contributed by atoms with Crippen molar-refractivity contribution in [2.24, 2.45) is 0 Å². The van der Waals surface area contributed by atoms with Crippen LogP contribution < -0.4 is 5.56 Å². The van der Waals surface area contributed by atoms with Gasteiger partial charge in [0, 0.05) is 43.4 Å². The molecule has 1 aliphatic rings. The van der Waals surface area contributed by atoms with Gasteiger partial charge in [0.25, 0.3) is 5.56 Å². The monoisotopic (exact) mass is 409 g/mol. The van der Waals surface area contributed by atoms with Gasteiger partial charge >= 0.3 is 0 Å². The molecule has 2 heterocycles. The highest BCUT2D eigenvalue weighted by atomic mass is 79.9. The summed E-state index contributed by atoms with van der Waals surface area (Å²) in [5.41, 5.74) is 2.91. The van der Waals surface area contributed by atoms with Crippen LogP contribution in [-0.4, -0.2) is 41.7 Å². The van der Waals surface area contributed by atoms with Gasteiger partial charge in [0.05, 0.1) is 17.9 Å². The minimum atomic E-state index is -0.0149. The van der Waals surface area contributed by atoms with Crippen molar-refractivity contribution in [1.82, 2.24) is 14.9 Å². The van der Waals surface area contributed by atoms with Crippen LogP contribution in [0.4, 0.5) is 0 Å². The lowest BCUT2D eigenvalue weighted by molar-refractivity contribution is 0.139. The first kappa shape index (κ1) is 17.7. The fraction of sp³-hybridized carbons (Fsp3) is 0.412. The van der Waals surface area contributed by atoms with E-state index in [2.05, 4.69) is 42.9 Å². The van der Waals surface area contributed by atoms with E-state index in [9.17, 15) is 4.79 Å². The lowest BCUT2D eigenvalue weighted by atomic mass is 10.1. The van der Waals surface area contributed by atoms with Gasteiger partial charge in [-0.2, -0.15) is 0 Å². The van der Waals surface area contributed by atoms with Crippen molar-refractivity contribution in [3.63, 3.8) is 0 Å². The average Bonchev–Trinajstić information content (AvgIpc) is 2.58. The first-order chi connectivity index (χ1) is 11.7. The number of rotatable bonds is 6.